The van der Waals surface area contributed by atoms with Gasteiger partial charge in [0.15, 0.2) is 0 Å². The lowest BCUT2D eigenvalue weighted by Crippen LogP contribution is -2.36. The van der Waals surface area contributed by atoms with Crippen molar-refractivity contribution in [2.24, 2.45) is 0 Å². The predicted molar refractivity (Wildman–Crippen MR) is 134 cm³/mol. The number of aryl methyl sites for hydroxylation is 1. The third-order valence-corrected chi connectivity index (χ3v) is 7.11. The Morgan fingerprint density at radius 2 is 1.09 bits per heavy atom. The Kier molecular flexibility index (Phi) is 7.27. The first-order chi connectivity index (χ1) is 16.4. The van der Waals surface area contributed by atoms with Crippen molar-refractivity contribution in [2.75, 3.05) is 6.61 Å². The van der Waals surface area contributed by atoms with E-state index in [1.54, 1.807) is 31.2 Å². The Hall–Kier alpha value is -3.25. The fourth-order valence-corrected chi connectivity index (χ4v) is 5.08. The number of rotatable bonds is 9. The molecule has 0 N–H and O–H groups in total. The van der Waals surface area contributed by atoms with Crippen LogP contribution in [0.2, 0.25) is 0 Å². The summed E-state index contributed by atoms with van der Waals surface area (Å²) in [6.45, 7) is 3.67. The molecule has 0 radical (unpaired) electrons. The molecule has 0 amide bonds. The lowest BCUT2D eigenvalue weighted by Gasteiger charge is -2.36. The highest BCUT2D eigenvalue weighted by Crippen LogP contribution is 2.40. The SMILES string of the molecule is Cc1ccc(S(=O)(=O)OC(C)COC(c2ccccc2)(c2ccccc2)c2ccccc2)cc1. The molecule has 4 nitrogen and oxygen atoms in total. The van der Waals surface area contributed by atoms with Crippen molar-refractivity contribution in [3.63, 3.8) is 0 Å². The molecule has 1 atom stereocenters. The monoisotopic (exact) mass is 472 g/mol. The van der Waals surface area contributed by atoms with Gasteiger partial charge < -0.3 is 4.74 Å². The molecule has 0 bridgehead atoms. The van der Waals surface area contributed by atoms with Crippen LogP contribution in [-0.2, 0) is 24.6 Å². The second-order valence-electron chi connectivity index (χ2n) is 8.26. The number of benzene rings is 4. The summed E-state index contributed by atoms with van der Waals surface area (Å²) in [5.74, 6) is 0. The molecular formula is C29H28O4S. The Bertz CT molecular complexity index is 1190. The van der Waals surface area contributed by atoms with Gasteiger partial charge in [0.2, 0.25) is 0 Å². The second kappa shape index (κ2) is 10.3. The molecule has 174 valence electrons. The second-order valence-corrected chi connectivity index (χ2v) is 9.84. The molecule has 0 aliphatic carbocycles. The standard InChI is InChI=1S/C29H28O4S/c1-23-18-20-28(21-19-23)34(30,31)33-24(2)22-32-29(25-12-6-3-7-13-25,26-14-8-4-9-15-26)27-16-10-5-11-17-27/h3-21,24H,22H2,1-2H3. The van der Waals surface area contributed by atoms with E-state index < -0.39 is 21.8 Å². The van der Waals surface area contributed by atoms with Crippen LogP contribution in [0.4, 0.5) is 0 Å². The molecule has 4 aromatic rings. The van der Waals surface area contributed by atoms with E-state index in [9.17, 15) is 8.42 Å². The fourth-order valence-electron chi connectivity index (χ4n) is 4.02. The molecule has 4 aromatic carbocycles. The van der Waals surface area contributed by atoms with Crippen LogP contribution in [0.3, 0.4) is 0 Å². The quantitative estimate of drug-likeness (QED) is 0.218. The van der Waals surface area contributed by atoms with Crippen LogP contribution in [0.1, 0.15) is 29.2 Å². The molecule has 0 fully saturated rings. The van der Waals surface area contributed by atoms with Gasteiger partial charge in [0, 0.05) is 0 Å². The maximum atomic E-state index is 12.8. The number of ether oxygens (including phenoxy) is 1. The van der Waals surface area contributed by atoms with Gasteiger partial charge in [-0.05, 0) is 42.7 Å². The maximum absolute atomic E-state index is 12.8. The van der Waals surface area contributed by atoms with Gasteiger partial charge in [0.25, 0.3) is 10.1 Å². The zero-order valence-electron chi connectivity index (χ0n) is 19.3. The van der Waals surface area contributed by atoms with Gasteiger partial charge in [-0.25, -0.2) is 0 Å². The average molecular weight is 473 g/mol. The van der Waals surface area contributed by atoms with Gasteiger partial charge in [-0.2, -0.15) is 8.42 Å². The Labute approximate surface area is 201 Å². The number of hydrogen-bond donors (Lipinski definition) is 0. The Balaban J connectivity index is 1.68. The van der Waals surface area contributed by atoms with Crippen LogP contribution >= 0.6 is 0 Å². The van der Waals surface area contributed by atoms with Gasteiger partial charge in [-0.15, -0.1) is 0 Å². The lowest BCUT2D eigenvalue weighted by atomic mass is 9.80. The fraction of sp³-hybridized carbons (Fsp3) is 0.172. The van der Waals surface area contributed by atoms with Crippen molar-refractivity contribution in [1.82, 2.24) is 0 Å². The highest BCUT2D eigenvalue weighted by atomic mass is 32.2. The van der Waals surface area contributed by atoms with Gasteiger partial charge >= 0.3 is 0 Å². The average Bonchev–Trinajstić information content (AvgIpc) is 2.86. The molecule has 5 heteroatoms. The summed E-state index contributed by atoms with van der Waals surface area (Å²) in [5.41, 5.74) is 2.88. The van der Waals surface area contributed by atoms with Crippen molar-refractivity contribution in [2.45, 2.75) is 30.4 Å². The highest BCUT2D eigenvalue weighted by Gasteiger charge is 2.38. The van der Waals surface area contributed by atoms with Crippen LogP contribution in [0.25, 0.3) is 0 Å². The Morgan fingerprint density at radius 1 is 0.676 bits per heavy atom. The smallest absolute Gasteiger partial charge is 0.297 e. The first-order valence-electron chi connectivity index (χ1n) is 11.2. The van der Waals surface area contributed by atoms with Crippen molar-refractivity contribution < 1.29 is 17.3 Å². The minimum absolute atomic E-state index is 0.0593. The van der Waals surface area contributed by atoms with Crippen molar-refractivity contribution in [1.29, 1.82) is 0 Å². The van der Waals surface area contributed by atoms with Crippen molar-refractivity contribution in [3.8, 4) is 0 Å². The molecule has 1 unspecified atom stereocenters. The minimum Gasteiger partial charge on any atom is -0.358 e. The largest absolute Gasteiger partial charge is 0.358 e. The third-order valence-electron chi connectivity index (χ3n) is 5.68. The molecule has 4 rings (SSSR count). The first-order valence-corrected chi connectivity index (χ1v) is 12.6. The van der Waals surface area contributed by atoms with E-state index in [1.807, 2.05) is 97.9 Å². The minimum atomic E-state index is -3.92. The summed E-state index contributed by atoms with van der Waals surface area (Å²) in [7, 11) is -3.92. The van der Waals surface area contributed by atoms with E-state index >= 15 is 0 Å². The summed E-state index contributed by atoms with van der Waals surface area (Å²) >= 11 is 0. The summed E-state index contributed by atoms with van der Waals surface area (Å²) in [4.78, 5) is 0.130. The van der Waals surface area contributed by atoms with E-state index in [1.165, 1.54) is 0 Å². The van der Waals surface area contributed by atoms with E-state index in [0.717, 1.165) is 22.3 Å². The molecule has 0 aromatic heterocycles. The summed E-state index contributed by atoms with van der Waals surface area (Å²) in [6.07, 6.45) is -0.707. The van der Waals surface area contributed by atoms with Crippen molar-refractivity contribution >= 4 is 10.1 Å². The maximum Gasteiger partial charge on any atom is 0.297 e. The molecule has 34 heavy (non-hydrogen) atoms. The number of hydrogen-bond acceptors (Lipinski definition) is 4. The van der Waals surface area contributed by atoms with Crippen LogP contribution in [0.5, 0.6) is 0 Å². The topological polar surface area (TPSA) is 52.6 Å². The zero-order valence-corrected chi connectivity index (χ0v) is 20.1. The third kappa shape index (κ3) is 5.12. The normalized spacial score (nSPS) is 12.9. The van der Waals surface area contributed by atoms with Gasteiger partial charge in [-0.1, -0.05) is 109 Å². The van der Waals surface area contributed by atoms with E-state index in [2.05, 4.69) is 0 Å². The van der Waals surface area contributed by atoms with Crippen LogP contribution in [0.15, 0.2) is 120 Å². The van der Waals surface area contributed by atoms with E-state index in [0.29, 0.717) is 0 Å². The van der Waals surface area contributed by atoms with Crippen molar-refractivity contribution in [3.05, 3.63) is 138 Å². The first kappa shape index (κ1) is 23.9. The van der Waals surface area contributed by atoms with Gasteiger partial charge in [-0.3, -0.25) is 4.18 Å². The van der Waals surface area contributed by atoms with Gasteiger partial charge in [0.05, 0.1) is 17.6 Å². The molecule has 0 saturated heterocycles. The summed E-state index contributed by atoms with van der Waals surface area (Å²) < 4.78 is 37.8. The molecule has 0 spiro atoms. The Morgan fingerprint density at radius 3 is 1.50 bits per heavy atom. The molecule has 0 aliphatic heterocycles. The van der Waals surface area contributed by atoms with Crippen LogP contribution < -0.4 is 0 Å². The zero-order chi connectivity index (χ0) is 24.0. The van der Waals surface area contributed by atoms with Gasteiger partial charge in [0.1, 0.15) is 5.60 Å². The summed E-state index contributed by atoms with van der Waals surface area (Å²) in [6, 6.07) is 36.5. The van der Waals surface area contributed by atoms with E-state index in [-0.39, 0.29) is 11.5 Å². The highest BCUT2D eigenvalue weighted by molar-refractivity contribution is 7.86. The summed E-state index contributed by atoms with van der Waals surface area (Å²) in [5, 5.41) is 0. The molecule has 0 saturated carbocycles. The van der Waals surface area contributed by atoms with E-state index in [4.69, 9.17) is 8.92 Å². The van der Waals surface area contributed by atoms with Crippen LogP contribution in [-0.4, -0.2) is 21.1 Å². The molecule has 0 aliphatic rings. The lowest BCUT2D eigenvalue weighted by molar-refractivity contribution is -0.0242. The molecule has 0 heterocycles. The van der Waals surface area contributed by atoms with Crippen LogP contribution in [0, 0.1) is 6.92 Å². The molecular weight excluding hydrogens is 444 g/mol. The predicted octanol–water partition coefficient (Wildman–Crippen LogP) is 6.10.